The van der Waals surface area contributed by atoms with Crippen molar-refractivity contribution in [1.82, 2.24) is 9.97 Å². The molecular weight excluding hydrogens is 148 g/mol. The maximum absolute atomic E-state index is 4.28. The number of aryl methyl sites for hydroxylation is 2. The smallest absolute Gasteiger partial charge is 0.0408 e. The molecule has 0 saturated heterocycles. The van der Waals surface area contributed by atoms with E-state index in [0.29, 0.717) is 0 Å². The average Bonchev–Trinajstić information content (AvgIpc) is 2.12. The van der Waals surface area contributed by atoms with Crippen LogP contribution in [-0.2, 0) is 0 Å². The number of rotatable bonds is 0. The predicted octanol–water partition coefficient (Wildman–Crippen LogP) is 2.25. The van der Waals surface area contributed by atoms with Gasteiger partial charge in [-0.15, -0.1) is 0 Å². The highest BCUT2D eigenvalue weighted by Gasteiger charge is 1.99. The summed E-state index contributed by atoms with van der Waals surface area (Å²) < 4.78 is 0. The van der Waals surface area contributed by atoms with Crippen molar-refractivity contribution in [1.29, 1.82) is 0 Å². The summed E-state index contributed by atoms with van der Waals surface area (Å²) in [4.78, 5) is 8.37. The number of aromatic nitrogens is 2. The summed E-state index contributed by atoms with van der Waals surface area (Å²) in [5.41, 5.74) is 2.30. The molecule has 0 radical (unpaired) electrons. The summed E-state index contributed by atoms with van der Waals surface area (Å²) >= 11 is 0. The van der Waals surface area contributed by atoms with Gasteiger partial charge >= 0.3 is 0 Å². The zero-order chi connectivity index (χ0) is 8.55. The Bertz CT molecular complexity index is 421. The standard InChI is InChI=1S/C10H10N2/c1-7-8(2)12-5-9-3-4-11-6-10(7)9/h3-6H,1-2H3. The normalized spacial score (nSPS) is 10.5. The summed E-state index contributed by atoms with van der Waals surface area (Å²) in [6, 6.07) is 1.98. The highest BCUT2D eigenvalue weighted by Crippen LogP contribution is 2.17. The minimum Gasteiger partial charge on any atom is -0.264 e. The number of nitrogens with zero attached hydrogens (tertiary/aromatic N) is 2. The lowest BCUT2D eigenvalue weighted by atomic mass is 10.1. The van der Waals surface area contributed by atoms with Crippen molar-refractivity contribution in [3.63, 3.8) is 0 Å². The topological polar surface area (TPSA) is 25.8 Å². The lowest BCUT2D eigenvalue weighted by molar-refractivity contribution is 1.17. The number of fused-ring (bicyclic) bond motifs is 1. The first-order valence-corrected chi connectivity index (χ1v) is 3.95. The van der Waals surface area contributed by atoms with Gasteiger partial charge in [0, 0.05) is 35.1 Å². The largest absolute Gasteiger partial charge is 0.264 e. The van der Waals surface area contributed by atoms with E-state index in [1.165, 1.54) is 10.9 Å². The SMILES string of the molecule is Cc1ncc2ccncc2c1C. The van der Waals surface area contributed by atoms with Gasteiger partial charge in [-0.25, -0.2) is 0 Å². The highest BCUT2D eigenvalue weighted by molar-refractivity contribution is 5.84. The average molecular weight is 158 g/mol. The fourth-order valence-corrected chi connectivity index (χ4v) is 1.29. The molecule has 2 heterocycles. The van der Waals surface area contributed by atoms with Gasteiger partial charge < -0.3 is 0 Å². The van der Waals surface area contributed by atoms with Gasteiger partial charge in [-0.3, -0.25) is 9.97 Å². The quantitative estimate of drug-likeness (QED) is 0.587. The molecule has 0 N–H and O–H groups in total. The van der Waals surface area contributed by atoms with Gasteiger partial charge in [-0.05, 0) is 25.5 Å². The molecule has 12 heavy (non-hydrogen) atoms. The maximum Gasteiger partial charge on any atom is 0.0408 e. The van der Waals surface area contributed by atoms with Crippen molar-refractivity contribution in [3.8, 4) is 0 Å². The predicted molar refractivity (Wildman–Crippen MR) is 49.0 cm³/mol. The summed E-state index contributed by atoms with van der Waals surface area (Å²) in [5.74, 6) is 0. The number of hydrogen-bond donors (Lipinski definition) is 0. The van der Waals surface area contributed by atoms with Crippen LogP contribution in [0.4, 0.5) is 0 Å². The Morgan fingerprint density at radius 1 is 1.17 bits per heavy atom. The lowest BCUT2D eigenvalue weighted by Crippen LogP contribution is -1.88. The van der Waals surface area contributed by atoms with Gasteiger partial charge in [0.1, 0.15) is 0 Å². The molecular formula is C10H10N2. The van der Waals surface area contributed by atoms with Gasteiger partial charge in [-0.2, -0.15) is 0 Å². The van der Waals surface area contributed by atoms with Crippen LogP contribution in [0.5, 0.6) is 0 Å². The third kappa shape index (κ3) is 0.961. The van der Waals surface area contributed by atoms with E-state index in [1.807, 2.05) is 25.4 Å². The third-order valence-electron chi connectivity index (χ3n) is 2.20. The van der Waals surface area contributed by atoms with Gasteiger partial charge in [-0.1, -0.05) is 0 Å². The second-order valence-electron chi connectivity index (χ2n) is 2.93. The first-order valence-electron chi connectivity index (χ1n) is 3.95. The van der Waals surface area contributed by atoms with Crippen molar-refractivity contribution in [2.75, 3.05) is 0 Å². The van der Waals surface area contributed by atoms with Crippen LogP contribution in [0.2, 0.25) is 0 Å². The zero-order valence-electron chi connectivity index (χ0n) is 7.20. The molecule has 2 nitrogen and oxygen atoms in total. The number of pyridine rings is 2. The van der Waals surface area contributed by atoms with E-state index in [0.717, 1.165) is 11.1 Å². The van der Waals surface area contributed by atoms with Gasteiger partial charge in [0.2, 0.25) is 0 Å². The van der Waals surface area contributed by atoms with E-state index in [2.05, 4.69) is 16.9 Å². The van der Waals surface area contributed by atoms with Gasteiger partial charge in [0.15, 0.2) is 0 Å². The van der Waals surface area contributed by atoms with Crippen LogP contribution in [0.15, 0.2) is 24.7 Å². The highest BCUT2D eigenvalue weighted by atomic mass is 14.7. The van der Waals surface area contributed by atoms with Gasteiger partial charge in [0.25, 0.3) is 0 Å². The molecule has 2 aromatic heterocycles. The maximum atomic E-state index is 4.28. The molecule has 0 amide bonds. The summed E-state index contributed by atoms with van der Waals surface area (Å²) in [6.07, 6.45) is 5.57. The van der Waals surface area contributed by atoms with Crippen LogP contribution in [0.1, 0.15) is 11.3 Å². The molecule has 2 heteroatoms. The molecule has 0 bridgehead atoms. The van der Waals surface area contributed by atoms with Crippen molar-refractivity contribution < 1.29 is 0 Å². The Balaban J connectivity index is 2.91. The molecule has 0 aliphatic carbocycles. The van der Waals surface area contributed by atoms with E-state index in [9.17, 15) is 0 Å². The molecule has 2 aromatic rings. The summed E-state index contributed by atoms with van der Waals surface area (Å²) in [6.45, 7) is 4.09. The zero-order valence-corrected chi connectivity index (χ0v) is 7.20. The van der Waals surface area contributed by atoms with Crippen LogP contribution in [0.3, 0.4) is 0 Å². The third-order valence-corrected chi connectivity index (χ3v) is 2.20. The van der Waals surface area contributed by atoms with Crippen molar-refractivity contribution in [2.24, 2.45) is 0 Å². The molecule has 0 fully saturated rings. The fourth-order valence-electron chi connectivity index (χ4n) is 1.29. The van der Waals surface area contributed by atoms with Gasteiger partial charge in [0.05, 0.1) is 0 Å². The van der Waals surface area contributed by atoms with E-state index in [-0.39, 0.29) is 0 Å². The Morgan fingerprint density at radius 3 is 2.83 bits per heavy atom. The van der Waals surface area contributed by atoms with E-state index in [1.54, 1.807) is 6.20 Å². The summed E-state index contributed by atoms with van der Waals surface area (Å²) in [5, 5.41) is 2.36. The molecule has 60 valence electrons. The van der Waals surface area contributed by atoms with Crippen molar-refractivity contribution in [3.05, 3.63) is 35.9 Å². The first-order chi connectivity index (χ1) is 5.79. The Kier molecular flexibility index (Phi) is 1.54. The van der Waals surface area contributed by atoms with Crippen molar-refractivity contribution >= 4 is 10.8 Å². The second kappa shape index (κ2) is 2.55. The van der Waals surface area contributed by atoms with E-state index < -0.39 is 0 Å². The number of hydrogen-bond acceptors (Lipinski definition) is 2. The van der Waals surface area contributed by atoms with Crippen LogP contribution in [0.25, 0.3) is 10.8 Å². The Hall–Kier alpha value is -1.44. The monoisotopic (exact) mass is 158 g/mol. The molecule has 2 rings (SSSR count). The minimum atomic E-state index is 1.08. The fraction of sp³-hybridized carbons (Fsp3) is 0.200. The Labute approximate surface area is 71.3 Å². The van der Waals surface area contributed by atoms with Crippen LogP contribution >= 0.6 is 0 Å². The molecule has 0 aliphatic rings. The van der Waals surface area contributed by atoms with E-state index >= 15 is 0 Å². The molecule has 0 aromatic carbocycles. The summed E-state index contributed by atoms with van der Waals surface area (Å²) in [7, 11) is 0. The van der Waals surface area contributed by atoms with Crippen molar-refractivity contribution in [2.45, 2.75) is 13.8 Å². The van der Waals surface area contributed by atoms with E-state index in [4.69, 9.17) is 0 Å². The first kappa shape index (κ1) is 7.22. The van der Waals surface area contributed by atoms with Crippen LogP contribution in [-0.4, -0.2) is 9.97 Å². The molecule has 0 unspecified atom stereocenters. The Morgan fingerprint density at radius 2 is 2.00 bits per heavy atom. The lowest BCUT2D eigenvalue weighted by Gasteiger charge is -2.02. The van der Waals surface area contributed by atoms with Crippen LogP contribution < -0.4 is 0 Å². The molecule has 0 spiro atoms. The molecule has 0 saturated carbocycles. The molecule has 0 atom stereocenters. The molecule has 0 aliphatic heterocycles. The second-order valence-corrected chi connectivity index (χ2v) is 2.93. The van der Waals surface area contributed by atoms with Crippen LogP contribution in [0, 0.1) is 13.8 Å². The minimum absolute atomic E-state index is 1.08.